The maximum atomic E-state index is 12.7. The molecule has 0 aromatic heterocycles. The molecular weight excluding hydrogens is 318 g/mol. The molecule has 5 nitrogen and oxygen atoms in total. The van der Waals surface area contributed by atoms with Crippen LogP contribution in [0.1, 0.15) is 24.3 Å². The summed E-state index contributed by atoms with van der Waals surface area (Å²) in [6.45, 7) is 0.905. The van der Waals surface area contributed by atoms with Gasteiger partial charge >= 0.3 is 0 Å². The zero-order chi connectivity index (χ0) is 15.9. The number of carbonyl (C=O) groups excluding carboxylic acids is 1. The molecule has 3 unspecified atom stereocenters. The number of nitrogens with zero attached hydrogens (tertiary/aromatic N) is 1. The number of methoxy groups -OCH3 is 2. The summed E-state index contributed by atoms with van der Waals surface area (Å²) < 4.78 is 10.8. The Morgan fingerprint density at radius 2 is 2.00 bits per heavy atom. The number of ketones is 1. The second-order valence-electron chi connectivity index (χ2n) is 6.22. The van der Waals surface area contributed by atoms with E-state index >= 15 is 0 Å². The van der Waals surface area contributed by atoms with Gasteiger partial charge in [-0.15, -0.1) is 12.4 Å². The molecule has 2 fully saturated rings. The molecule has 0 amide bonds. The van der Waals surface area contributed by atoms with Crippen molar-refractivity contribution in [1.82, 2.24) is 4.90 Å². The van der Waals surface area contributed by atoms with Gasteiger partial charge in [-0.2, -0.15) is 0 Å². The first kappa shape index (κ1) is 18.0. The minimum Gasteiger partial charge on any atom is -0.493 e. The Labute approximate surface area is 143 Å². The molecule has 0 radical (unpaired) electrons. The summed E-state index contributed by atoms with van der Waals surface area (Å²) in [5.41, 5.74) is 0.832. The van der Waals surface area contributed by atoms with Gasteiger partial charge < -0.3 is 19.5 Å². The zero-order valence-corrected chi connectivity index (χ0v) is 14.5. The van der Waals surface area contributed by atoms with Crippen molar-refractivity contribution in [2.45, 2.75) is 30.9 Å². The quantitative estimate of drug-likeness (QED) is 0.909. The number of benzene rings is 1. The SMILES string of the molecule is COc1cccc(C2C(=O)CC3[C@H](O)C2CCN3C)c1OC.Cl. The summed E-state index contributed by atoms with van der Waals surface area (Å²) in [6.07, 6.45) is 0.724. The fraction of sp³-hybridized carbons (Fsp3) is 0.588. The van der Waals surface area contributed by atoms with Crippen LogP contribution in [0.2, 0.25) is 0 Å². The lowest BCUT2D eigenvalue weighted by atomic mass is 9.67. The van der Waals surface area contributed by atoms with Crippen molar-refractivity contribution < 1.29 is 19.4 Å². The molecule has 1 N–H and O–H groups in total. The molecule has 2 bridgehead atoms. The molecule has 1 saturated carbocycles. The molecule has 1 saturated heterocycles. The molecule has 4 atom stereocenters. The van der Waals surface area contributed by atoms with Gasteiger partial charge in [-0.3, -0.25) is 4.79 Å². The number of para-hydroxylation sites is 1. The van der Waals surface area contributed by atoms with Crippen molar-refractivity contribution in [3.05, 3.63) is 23.8 Å². The second-order valence-corrected chi connectivity index (χ2v) is 6.22. The van der Waals surface area contributed by atoms with E-state index < -0.39 is 6.10 Å². The van der Waals surface area contributed by atoms with Crippen LogP contribution >= 0.6 is 12.4 Å². The highest BCUT2D eigenvalue weighted by atomic mass is 35.5. The summed E-state index contributed by atoms with van der Waals surface area (Å²) in [4.78, 5) is 14.8. The number of aliphatic hydroxyl groups excluding tert-OH is 1. The van der Waals surface area contributed by atoms with E-state index in [-0.39, 0.29) is 36.1 Å². The smallest absolute Gasteiger partial charge is 0.164 e. The molecule has 23 heavy (non-hydrogen) atoms. The lowest BCUT2D eigenvalue weighted by molar-refractivity contribution is -0.136. The van der Waals surface area contributed by atoms with Gasteiger partial charge in [0.1, 0.15) is 5.78 Å². The van der Waals surface area contributed by atoms with Gasteiger partial charge in [-0.1, -0.05) is 12.1 Å². The Balaban J connectivity index is 0.00000192. The van der Waals surface area contributed by atoms with Crippen molar-refractivity contribution >= 4 is 18.2 Å². The van der Waals surface area contributed by atoms with Crippen LogP contribution in [-0.2, 0) is 4.79 Å². The highest BCUT2D eigenvalue weighted by Crippen LogP contribution is 2.46. The average molecular weight is 342 g/mol. The van der Waals surface area contributed by atoms with Crippen LogP contribution in [0.25, 0.3) is 0 Å². The molecule has 1 heterocycles. The van der Waals surface area contributed by atoms with E-state index in [1.54, 1.807) is 14.2 Å². The summed E-state index contributed by atoms with van der Waals surface area (Å²) in [5, 5.41) is 10.6. The first-order valence-corrected chi connectivity index (χ1v) is 7.70. The molecule has 1 aliphatic heterocycles. The van der Waals surface area contributed by atoms with E-state index in [0.29, 0.717) is 17.9 Å². The van der Waals surface area contributed by atoms with E-state index in [9.17, 15) is 9.90 Å². The number of likely N-dealkylation sites (tertiary alicyclic amines) is 1. The van der Waals surface area contributed by atoms with Crippen LogP contribution in [-0.4, -0.2) is 55.7 Å². The molecule has 6 heteroatoms. The number of hydrogen-bond acceptors (Lipinski definition) is 5. The predicted octanol–water partition coefficient (Wildman–Crippen LogP) is 1.86. The second kappa shape index (κ2) is 7.07. The standard InChI is InChI=1S/C17H23NO4.ClH/c1-18-8-7-10-15(13(19)9-12(18)16(10)20)11-5-4-6-14(21-2)17(11)22-3;/h4-6,10,12,15-16,20H,7-9H2,1-3H3;1H/t10?,12?,15?,16-;/m1./s1. The Bertz CT molecular complexity index is 580. The molecule has 1 aliphatic carbocycles. The number of fused-ring (bicyclic) bond motifs is 2. The van der Waals surface area contributed by atoms with Gasteiger partial charge in [0.05, 0.1) is 26.2 Å². The number of piperidine rings is 1. The van der Waals surface area contributed by atoms with E-state index in [1.165, 1.54) is 0 Å². The minimum absolute atomic E-state index is 0. The van der Waals surface area contributed by atoms with Gasteiger partial charge in [-0.05, 0) is 26.1 Å². The van der Waals surface area contributed by atoms with Crippen molar-refractivity contribution in [2.75, 3.05) is 27.8 Å². The predicted molar refractivity (Wildman–Crippen MR) is 89.7 cm³/mol. The molecule has 128 valence electrons. The molecule has 2 aliphatic rings. The van der Waals surface area contributed by atoms with Crippen LogP contribution in [0.3, 0.4) is 0 Å². The fourth-order valence-corrected chi connectivity index (χ4v) is 4.01. The number of carbonyl (C=O) groups is 1. The van der Waals surface area contributed by atoms with Gasteiger partial charge in [0.25, 0.3) is 0 Å². The lowest BCUT2D eigenvalue weighted by Gasteiger charge is -2.48. The topological polar surface area (TPSA) is 59.0 Å². The Kier molecular flexibility index (Phi) is 5.55. The summed E-state index contributed by atoms with van der Waals surface area (Å²) >= 11 is 0. The van der Waals surface area contributed by atoms with Gasteiger partial charge in [0, 0.05) is 23.9 Å². The number of hydrogen-bond donors (Lipinski definition) is 1. The van der Waals surface area contributed by atoms with Crippen molar-refractivity contribution in [2.24, 2.45) is 5.92 Å². The first-order valence-electron chi connectivity index (χ1n) is 7.70. The molecule has 3 rings (SSSR count). The number of rotatable bonds is 3. The average Bonchev–Trinajstić information content (AvgIpc) is 2.52. The number of ether oxygens (including phenoxy) is 2. The Morgan fingerprint density at radius 1 is 1.26 bits per heavy atom. The Morgan fingerprint density at radius 3 is 2.65 bits per heavy atom. The number of aliphatic hydroxyl groups is 1. The normalized spacial score (nSPS) is 30.5. The number of halogens is 1. The third kappa shape index (κ3) is 2.93. The Hall–Kier alpha value is -1.30. The van der Waals surface area contributed by atoms with Crippen LogP contribution in [0.4, 0.5) is 0 Å². The maximum absolute atomic E-state index is 12.7. The van der Waals surface area contributed by atoms with E-state index in [0.717, 1.165) is 18.5 Å². The lowest BCUT2D eigenvalue weighted by Crippen LogP contribution is -2.57. The maximum Gasteiger partial charge on any atom is 0.164 e. The molecule has 1 aromatic rings. The van der Waals surface area contributed by atoms with Crippen LogP contribution < -0.4 is 9.47 Å². The van der Waals surface area contributed by atoms with Crippen molar-refractivity contribution in [1.29, 1.82) is 0 Å². The molecular formula is C17H24ClNO4. The highest BCUT2D eigenvalue weighted by molar-refractivity contribution is 5.89. The summed E-state index contributed by atoms with van der Waals surface area (Å²) in [7, 11) is 5.15. The first-order chi connectivity index (χ1) is 10.6. The van der Waals surface area contributed by atoms with Gasteiger partial charge in [0.2, 0.25) is 0 Å². The van der Waals surface area contributed by atoms with Crippen molar-refractivity contribution in [3.8, 4) is 11.5 Å². The summed E-state index contributed by atoms with van der Waals surface area (Å²) in [6, 6.07) is 5.55. The summed E-state index contributed by atoms with van der Waals surface area (Å²) in [5.74, 6) is 1.04. The minimum atomic E-state index is -0.475. The van der Waals surface area contributed by atoms with E-state index in [4.69, 9.17) is 9.47 Å². The van der Waals surface area contributed by atoms with Crippen molar-refractivity contribution in [3.63, 3.8) is 0 Å². The molecule has 0 spiro atoms. The van der Waals surface area contributed by atoms with Crippen LogP contribution in [0, 0.1) is 5.92 Å². The van der Waals surface area contributed by atoms with Gasteiger partial charge in [-0.25, -0.2) is 0 Å². The van der Waals surface area contributed by atoms with Gasteiger partial charge in [0.15, 0.2) is 11.5 Å². The third-order valence-corrected chi connectivity index (χ3v) is 5.17. The molecule has 1 aromatic carbocycles. The highest BCUT2D eigenvalue weighted by Gasteiger charge is 2.48. The van der Waals surface area contributed by atoms with E-state index in [2.05, 4.69) is 4.90 Å². The number of likely N-dealkylation sites (N-methyl/N-ethyl adjacent to an activating group) is 1. The zero-order valence-electron chi connectivity index (χ0n) is 13.7. The largest absolute Gasteiger partial charge is 0.493 e. The van der Waals surface area contributed by atoms with E-state index in [1.807, 2.05) is 25.2 Å². The van der Waals surface area contributed by atoms with Crippen LogP contribution in [0.15, 0.2) is 18.2 Å². The monoisotopic (exact) mass is 341 g/mol. The fourth-order valence-electron chi connectivity index (χ4n) is 4.01. The third-order valence-electron chi connectivity index (χ3n) is 5.17. The van der Waals surface area contributed by atoms with Crippen LogP contribution in [0.5, 0.6) is 11.5 Å². The number of Topliss-reactive ketones (excluding diaryl/α,β-unsaturated/α-hetero) is 1.